The molecule has 0 spiro atoms. The van der Waals surface area contributed by atoms with Gasteiger partial charge in [-0.2, -0.15) is 8.78 Å². The first-order valence-electron chi connectivity index (χ1n) is 9.89. The van der Waals surface area contributed by atoms with Crippen molar-refractivity contribution in [2.24, 2.45) is 0 Å². The molecule has 0 aliphatic heterocycles. The van der Waals surface area contributed by atoms with Gasteiger partial charge in [0, 0.05) is 17.2 Å². The molecule has 0 amide bonds. The summed E-state index contributed by atoms with van der Waals surface area (Å²) in [5.41, 5.74) is -0.0239. The second-order valence-electron chi connectivity index (χ2n) is 7.02. The summed E-state index contributed by atoms with van der Waals surface area (Å²) in [4.78, 5) is 0. The second-order valence-corrected chi connectivity index (χ2v) is 7.02. The van der Waals surface area contributed by atoms with Crippen LogP contribution in [-0.4, -0.2) is 25.9 Å². The topological polar surface area (TPSA) is 40.8 Å². The number of ether oxygens (including phenoxy) is 3. The van der Waals surface area contributed by atoms with Crippen molar-refractivity contribution in [3.8, 4) is 11.5 Å². The van der Waals surface area contributed by atoms with Crippen LogP contribution in [0.4, 0.5) is 8.78 Å². The lowest BCUT2D eigenvalue weighted by atomic mass is 10.1. The lowest BCUT2D eigenvalue weighted by molar-refractivity contribution is 0.0503. The Labute approximate surface area is 162 Å². The molecule has 1 aliphatic carbocycles. The Morgan fingerprint density at radius 3 is 2.11 bits per heavy atom. The van der Waals surface area contributed by atoms with Crippen LogP contribution in [0.3, 0.4) is 0 Å². The molecule has 4 rings (SSSR count). The Morgan fingerprint density at radius 2 is 1.50 bits per heavy atom. The fraction of sp³-hybridized carbons (Fsp3) is 0.455. The van der Waals surface area contributed by atoms with Crippen molar-refractivity contribution in [3.05, 3.63) is 35.9 Å². The van der Waals surface area contributed by atoms with Gasteiger partial charge >= 0.3 is 0 Å². The quantitative estimate of drug-likeness (QED) is 0.443. The van der Waals surface area contributed by atoms with E-state index in [0.717, 1.165) is 12.8 Å². The highest BCUT2D eigenvalue weighted by atomic mass is 19.1. The Bertz CT molecular complexity index is 960. The van der Waals surface area contributed by atoms with Crippen molar-refractivity contribution in [1.29, 1.82) is 0 Å². The average molecular weight is 390 g/mol. The molecule has 4 nitrogen and oxygen atoms in total. The maximum Gasteiger partial charge on any atom is 0.208 e. The molecule has 1 aromatic heterocycles. The first kappa shape index (κ1) is 19.0. The van der Waals surface area contributed by atoms with E-state index in [1.807, 2.05) is 0 Å². The summed E-state index contributed by atoms with van der Waals surface area (Å²) in [6, 6.07) is 6.45. The zero-order valence-corrected chi connectivity index (χ0v) is 15.9. The van der Waals surface area contributed by atoms with E-state index >= 15 is 0 Å². The molecule has 0 atom stereocenters. The zero-order chi connectivity index (χ0) is 19.5. The number of fused-ring (bicyclic) bond motifs is 3. The van der Waals surface area contributed by atoms with Gasteiger partial charge in [0.15, 0.2) is 22.7 Å². The van der Waals surface area contributed by atoms with Crippen LogP contribution in [-0.2, 0) is 4.74 Å². The minimum Gasteiger partial charge on any atom is -0.491 e. The van der Waals surface area contributed by atoms with Gasteiger partial charge in [0.2, 0.25) is 11.6 Å². The monoisotopic (exact) mass is 390 g/mol. The normalized spacial score (nSPS) is 15.0. The van der Waals surface area contributed by atoms with Crippen LogP contribution in [0.25, 0.3) is 21.9 Å². The lowest BCUT2D eigenvalue weighted by Gasteiger charge is -2.11. The Hall–Kier alpha value is -2.34. The molecule has 1 aliphatic rings. The van der Waals surface area contributed by atoms with Crippen LogP contribution in [0.5, 0.6) is 11.5 Å². The van der Waals surface area contributed by atoms with Crippen LogP contribution in [0.15, 0.2) is 28.7 Å². The highest BCUT2D eigenvalue weighted by Gasteiger charge is 2.20. The number of hydrogen-bond acceptors (Lipinski definition) is 4. The van der Waals surface area contributed by atoms with Crippen molar-refractivity contribution >= 4 is 21.9 Å². The van der Waals surface area contributed by atoms with Gasteiger partial charge in [-0.1, -0.05) is 12.8 Å². The Kier molecular flexibility index (Phi) is 5.67. The van der Waals surface area contributed by atoms with Gasteiger partial charge < -0.3 is 18.6 Å². The standard InChI is InChI=1S/C22H24F2O4/c1-2-25-17-10-8-15-16-9-11-18(20(24)22(16)28-21(15)19(17)23)27-13-5-12-26-14-6-3-4-7-14/h8-11,14H,2-7,12-13H2,1H3. The van der Waals surface area contributed by atoms with Crippen molar-refractivity contribution in [2.45, 2.75) is 45.1 Å². The molecule has 3 aromatic rings. The molecular weight excluding hydrogens is 366 g/mol. The second kappa shape index (κ2) is 8.35. The summed E-state index contributed by atoms with van der Waals surface area (Å²) in [6.07, 6.45) is 5.76. The van der Waals surface area contributed by atoms with E-state index in [1.54, 1.807) is 25.1 Å². The predicted octanol–water partition coefficient (Wildman–Crippen LogP) is 5.99. The molecule has 0 unspecified atom stereocenters. The summed E-state index contributed by atoms with van der Waals surface area (Å²) in [5, 5.41) is 1.01. The minimum absolute atomic E-state index is 0.0118. The molecule has 1 saturated carbocycles. The van der Waals surface area contributed by atoms with Crippen LogP contribution in [0, 0.1) is 11.6 Å². The van der Waals surface area contributed by atoms with Gasteiger partial charge in [0.1, 0.15) is 0 Å². The van der Waals surface area contributed by atoms with E-state index in [1.165, 1.54) is 18.9 Å². The number of benzene rings is 2. The third kappa shape index (κ3) is 3.65. The highest BCUT2D eigenvalue weighted by Crippen LogP contribution is 2.37. The van der Waals surface area contributed by atoms with E-state index in [2.05, 4.69) is 0 Å². The first-order valence-corrected chi connectivity index (χ1v) is 9.89. The highest BCUT2D eigenvalue weighted by molar-refractivity contribution is 6.06. The molecule has 2 aromatic carbocycles. The average Bonchev–Trinajstić information content (AvgIpc) is 3.34. The molecule has 0 N–H and O–H groups in total. The molecule has 1 fully saturated rings. The van der Waals surface area contributed by atoms with Crippen LogP contribution in [0.2, 0.25) is 0 Å². The Balaban J connectivity index is 1.48. The third-order valence-electron chi connectivity index (χ3n) is 5.12. The fourth-order valence-corrected chi connectivity index (χ4v) is 3.73. The maximum absolute atomic E-state index is 14.8. The van der Waals surface area contributed by atoms with E-state index in [0.29, 0.717) is 43.1 Å². The van der Waals surface area contributed by atoms with Crippen LogP contribution in [0.1, 0.15) is 39.0 Å². The van der Waals surface area contributed by atoms with Crippen LogP contribution < -0.4 is 9.47 Å². The van der Waals surface area contributed by atoms with Gasteiger partial charge in [-0.3, -0.25) is 0 Å². The van der Waals surface area contributed by atoms with Crippen LogP contribution >= 0.6 is 0 Å². The molecule has 28 heavy (non-hydrogen) atoms. The first-order chi connectivity index (χ1) is 13.7. The molecule has 6 heteroatoms. The van der Waals surface area contributed by atoms with Crippen molar-refractivity contribution in [3.63, 3.8) is 0 Å². The summed E-state index contributed by atoms with van der Waals surface area (Å²) >= 11 is 0. The summed E-state index contributed by atoms with van der Waals surface area (Å²) in [5.74, 6) is -1.06. The van der Waals surface area contributed by atoms with E-state index < -0.39 is 11.6 Å². The SMILES string of the molecule is CCOc1ccc2c(oc3c(F)c(OCCCOC4CCCC4)ccc32)c1F. The minimum atomic E-state index is -0.624. The van der Waals surface area contributed by atoms with Crippen molar-refractivity contribution in [2.75, 3.05) is 19.8 Å². The van der Waals surface area contributed by atoms with E-state index in [-0.39, 0.29) is 22.7 Å². The molecule has 1 heterocycles. The largest absolute Gasteiger partial charge is 0.491 e. The third-order valence-corrected chi connectivity index (χ3v) is 5.12. The lowest BCUT2D eigenvalue weighted by Crippen LogP contribution is -2.11. The summed E-state index contributed by atoms with van der Waals surface area (Å²) in [6.45, 7) is 3.05. The smallest absolute Gasteiger partial charge is 0.208 e. The number of furan rings is 1. The van der Waals surface area contributed by atoms with Gasteiger partial charge in [0.25, 0.3) is 0 Å². The number of hydrogen-bond donors (Lipinski definition) is 0. The van der Waals surface area contributed by atoms with E-state index in [4.69, 9.17) is 18.6 Å². The summed E-state index contributed by atoms with van der Waals surface area (Å²) in [7, 11) is 0. The van der Waals surface area contributed by atoms with Gasteiger partial charge in [-0.25, -0.2) is 0 Å². The molecule has 0 radical (unpaired) electrons. The van der Waals surface area contributed by atoms with Gasteiger partial charge in [0.05, 0.1) is 25.9 Å². The molecule has 0 saturated heterocycles. The zero-order valence-electron chi connectivity index (χ0n) is 15.9. The predicted molar refractivity (Wildman–Crippen MR) is 103 cm³/mol. The van der Waals surface area contributed by atoms with Gasteiger partial charge in [-0.05, 0) is 44.0 Å². The molecular formula is C22H24F2O4. The van der Waals surface area contributed by atoms with E-state index in [9.17, 15) is 8.78 Å². The number of rotatable bonds is 8. The maximum atomic E-state index is 14.8. The summed E-state index contributed by atoms with van der Waals surface area (Å²) < 4.78 is 51.5. The van der Waals surface area contributed by atoms with Gasteiger partial charge in [-0.15, -0.1) is 0 Å². The number of halogens is 2. The Morgan fingerprint density at radius 1 is 0.893 bits per heavy atom. The van der Waals surface area contributed by atoms with Crippen molar-refractivity contribution < 1.29 is 27.4 Å². The molecule has 150 valence electrons. The van der Waals surface area contributed by atoms with Crippen molar-refractivity contribution in [1.82, 2.24) is 0 Å². The fourth-order valence-electron chi connectivity index (χ4n) is 3.73. The molecule has 0 bridgehead atoms.